The van der Waals surface area contributed by atoms with Gasteiger partial charge in [0.05, 0.1) is 6.10 Å². The largest absolute Gasteiger partial charge is 0.391 e. The van der Waals surface area contributed by atoms with E-state index in [0.29, 0.717) is 25.4 Å². The first-order chi connectivity index (χ1) is 10.1. The number of β-amino-alcohol motifs (C(OH)–C–C–N with tert-alkyl or cyclic N) is 1. The van der Waals surface area contributed by atoms with Crippen LogP contribution >= 0.6 is 11.8 Å². The maximum atomic E-state index is 13.3. The van der Waals surface area contributed by atoms with Gasteiger partial charge >= 0.3 is 6.03 Å². The molecular formula is C15H21FN2O2S. The third-order valence-electron chi connectivity index (χ3n) is 3.58. The van der Waals surface area contributed by atoms with Gasteiger partial charge in [-0.3, -0.25) is 0 Å². The van der Waals surface area contributed by atoms with Crippen molar-refractivity contribution >= 4 is 17.8 Å². The number of thioether (sulfide) groups is 1. The summed E-state index contributed by atoms with van der Waals surface area (Å²) in [5, 5.41) is 12.4. The van der Waals surface area contributed by atoms with Crippen LogP contribution in [0, 0.1) is 5.82 Å². The lowest BCUT2D eigenvalue weighted by molar-refractivity contribution is 0.0841. The quantitative estimate of drug-likeness (QED) is 0.897. The van der Waals surface area contributed by atoms with Crippen molar-refractivity contribution in [3.63, 3.8) is 0 Å². The summed E-state index contributed by atoms with van der Waals surface area (Å²) in [4.78, 5) is 13.7. The third kappa shape index (κ3) is 4.61. The number of likely N-dealkylation sites (tertiary alicyclic amines) is 1. The number of nitrogens with one attached hydrogen (secondary N) is 1. The number of hydrogen-bond donors (Lipinski definition) is 2. The minimum Gasteiger partial charge on any atom is -0.391 e. The molecule has 0 spiro atoms. The van der Waals surface area contributed by atoms with Gasteiger partial charge in [-0.2, -0.15) is 11.8 Å². The third-order valence-corrected chi connectivity index (χ3v) is 4.18. The summed E-state index contributed by atoms with van der Waals surface area (Å²) in [6.07, 6.45) is 3.10. The van der Waals surface area contributed by atoms with Crippen LogP contribution in [0.15, 0.2) is 18.2 Å². The molecule has 2 amide bonds. The van der Waals surface area contributed by atoms with Crippen molar-refractivity contribution in [3.05, 3.63) is 35.1 Å². The number of urea groups is 1. The van der Waals surface area contributed by atoms with Crippen LogP contribution in [-0.2, 0) is 12.3 Å². The average Bonchev–Trinajstić information content (AvgIpc) is 2.46. The topological polar surface area (TPSA) is 52.6 Å². The van der Waals surface area contributed by atoms with E-state index in [9.17, 15) is 14.3 Å². The molecule has 0 aliphatic carbocycles. The second-order valence-electron chi connectivity index (χ2n) is 5.25. The van der Waals surface area contributed by atoms with E-state index in [0.717, 1.165) is 24.0 Å². The molecular weight excluding hydrogens is 291 g/mol. The zero-order chi connectivity index (χ0) is 15.2. The van der Waals surface area contributed by atoms with Crippen LogP contribution in [0.2, 0.25) is 0 Å². The predicted octanol–water partition coefficient (Wildman–Crippen LogP) is 2.36. The van der Waals surface area contributed by atoms with Crippen LogP contribution in [0.1, 0.15) is 24.0 Å². The summed E-state index contributed by atoms with van der Waals surface area (Å²) >= 11 is 1.62. The molecule has 0 saturated carbocycles. The zero-order valence-corrected chi connectivity index (χ0v) is 13.0. The summed E-state index contributed by atoms with van der Waals surface area (Å²) in [6.45, 7) is 1.43. The number of nitrogens with zero attached hydrogens (tertiary/aromatic N) is 1. The number of carbonyl (C=O) groups is 1. The molecule has 1 aliphatic heterocycles. The lowest BCUT2D eigenvalue weighted by atomic mass is 10.1. The minimum absolute atomic E-state index is 0.173. The van der Waals surface area contributed by atoms with Gasteiger partial charge in [0.15, 0.2) is 0 Å². The fraction of sp³-hybridized carbons (Fsp3) is 0.533. The lowest BCUT2D eigenvalue weighted by Gasteiger charge is -2.30. The van der Waals surface area contributed by atoms with Gasteiger partial charge in [0.25, 0.3) is 0 Å². The van der Waals surface area contributed by atoms with Gasteiger partial charge in [-0.05, 0) is 42.4 Å². The summed E-state index contributed by atoms with van der Waals surface area (Å²) < 4.78 is 13.3. The molecule has 1 aromatic rings. The predicted molar refractivity (Wildman–Crippen MR) is 82.7 cm³/mol. The Balaban J connectivity index is 1.94. The SMILES string of the molecule is CSCc1cc(F)ccc1CNC(=O)N1CCCC(O)C1. The highest BCUT2D eigenvalue weighted by atomic mass is 32.2. The van der Waals surface area contributed by atoms with Crippen molar-refractivity contribution in [1.82, 2.24) is 10.2 Å². The molecule has 21 heavy (non-hydrogen) atoms. The van der Waals surface area contributed by atoms with Crippen LogP contribution in [-0.4, -0.2) is 41.5 Å². The molecule has 4 nitrogen and oxygen atoms in total. The highest BCUT2D eigenvalue weighted by Gasteiger charge is 2.21. The fourth-order valence-electron chi connectivity index (χ4n) is 2.48. The number of piperidine rings is 1. The second-order valence-corrected chi connectivity index (χ2v) is 6.11. The van der Waals surface area contributed by atoms with Crippen molar-refractivity contribution in [3.8, 4) is 0 Å². The maximum absolute atomic E-state index is 13.3. The molecule has 2 rings (SSSR count). The van der Waals surface area contributed by atoms with E-state index >= 15 is 0 Å². The number of rotatable bonds is 4. The molecule has 0 aromatic heterocycles. The standard InChI is InChI=1S/C15H21FN2O2S/c1-21-10-12-7-13(16)5-4-11(12)8-17-15(20)18-6-2-3-14(19)9-18/h4-5,7,14,19H,2-3,6,8-10H2,1H3,(H,17,20). The van der Waals surface area contributed by atoms with Crippen molar-refractivity contribution in [2.45, 2.75) is 31.2 Å². The molecule has 2 N–H and O–H groups in total. The summed E-state index contributed by atoms with van der Waals surface area (Å²) in [5.41, 5.74) is 1.83. The molecule has 1 heterocycles. The molecule has 6 heteroatoms. The average molecular weight is 312 g/mol. The van der Waals surface area contributed by atoms with Gasteiger partial charge in [0.2, 0.25) is 0 Å². The van der Waals surface area contributed by atoms with Crippen LogP contribution < -0.4 is 5.32 Å². The normalized spacial score (nSPS) is 18.6. The van der Waals surface area contributed by atoms with Gasteiger partial charge in [-0.1, -0.05) is 6.07 Å². The molecule has 1 unspecified atom stereocenters. The summed E-state index contributed by atoms with van der Waals surface area (Å²) in [6, 6.07) is 4.47. The van der Waals surface area contributed by atoms with Gasteiger partial charge in [0.1, 0.15) is 5.82 Å². The van der Waals surface area contributed by atoms with Gasteiger partial charge in [0, 0.05) is 25.4 Å². The number of benzene rings is 1. The number of amides is 2. The van der Waals surface area contributed by atoms with Crippen molar-refractivity contribution < 1.29 is 14.3 Å². The molecule has 0 bridgehead atoms. The Labute approximate surface area is 128 Å². The van der Waals surface area contributed by atoms with Crippen LogP contribution in [0.25, 0.3) is 0 Å². The monoisotopic (exact) mass is 312 g/mol. The highest BCUT2D eigenvalue weighted by Crippen LogP contribution is 2.17. The first kappa shape index (κ1) is 16.1. The Kier molecular flexibility index (Phi) is 5.87. The number of hydrogen-bond acceptors (Lipinski definition) is 3. The van der Waals surface area contributed by atoms with E-state index < -0.39 is 6.10 Å². The van der Waals surface area contributed by atoms with Gasteiger partial charge < -0.3 is 15.3 Å². The molecule has 1 fully saturated rings. The maximum Gasteiger partial charge on any atom is 0.317 e. The Morgan fingerprint density at radius 3 is 3.05 bits per heavy atom. The van der Waals surface area contributed by atoms with E-state index in [1.807, 2.05) is 6.26 Å². The van der Waals surface area contributed by atoms with Crippen LogP contribution in [0.5, 0.6) is 0 Å². The van der Waals surface area contributed by atoms with E-state index in [1.165, 1.54) is 12.1 Å². The Bertz CT molecular complexity index is 499. The van der Waals surface area contributed by atoms with Crippen molar-refractivity contribution in [2.75, 3.05) is 19.3 Å². The second kappa shape index (κ2) is 7.66. The molecule has 0 radical (unpaired) electrons. The molecule has 1 aromatic carbocycles. The Hall–Kier alpha value is -1.27. The lowest BCUT2D eigenvalue weighted by Crippen LogP contribution is -2.46. The smallest absolute Gasteiger partial charge is 0.317 e. The summed E-state index contributed by atoms with van der Waals surface area (Å²) in [5.74, 6) is 0.457. The first-order valence-corrected chi connectivity index (χ1v) is 8.46. The zero-order valence-electron chi connectivity index (χ0n) is 12.1. The number of halogens is 1. The fourth-order valence-corrected chi connectivity index (χ4v) is 3.06. The van der Waals surface area contributed by atoms with E-state index in [4.69, 9.17) is 0 Å². The first-order valence-electron chi connectivity index (χ1n) is 7.07. The van der Waals surface area contributed by atoms with Crippen LogP contribution in [0.4, 0.5) is 9.18 Å². The molecule has 1 aliphatic rings. The van der Waals surface area contributed by atoms with Crippen molar-refractivity contribution in [1.29, 1.82) is 0 Å². The highest BCUT2D eigenvalue weighted by molar-refractivity contribution is 7.97. The number of carbonyl (C=O) groups excluding carboxylic acids is 1. The van der Waals surface area contributed by atoms with E-state index in [-0.39, 0.29) is 11.8 Å². The molecule has 1 saturated heterocycles. The van der Waals surface area contributed by atoms with Gasteiger partial charge in [-0.25, -0.2) is 9.18 Å². The number of aliphatic hydroxyl groups excluding tert-OH is 1. The number of aliphatic hydroxyl groups is 1. The Morgan fingerprint density at radius 1 is 1.52 bits per heavy atom. The molecule has 116 valence electrons. The van der Waals surface area contributed by atoms with Crippen LogP contribution in [0.3, 0.4) is 0 Å². The minimum atomic E-state index is -0.428. The van der Waals surface area contributed by atoms with E-state index in [2.05, 4.69) is 5.32 Å². The molecule has 1 atom stereocenters. The van der Waals surface area contributed by atoms with Gasteiger partial charge in [-0.15, -0.1) is 0 Å². The summed E-state index contributed by atoms with van der Waals surface area (Å²) in [7, 11) is 0. The van der Waals surface area contributed by atoms with E-state index in [1.54, 1.807) is 22.7 Å². The Morgan fingerprint density at radius 2 is 2.33 bits per heavy atom. The van der Waals surface area contributed by atoms with Crippen molar-refractivity contribution in [2.24, 2.45) is 0 Å².